The van der Waals surface area contributed by atoms with Crippen molar-refractivity contribution in [1.82, 2.24) is 25.0 Å². The molecule has 0 amide bonds. The fourth-order valence-electron chi connectivity index (χ4n) is 3.40. The van der Waals surface area contributed by atoms with Crippen molar-refractivity contribution >= 4 is 0 Å². The van der Waals surface area contributed by atoms with Gasteiger partial charge in [0.1, 0.15) is 5.75 Å². The number of hydrogen-bond donors (Lipinski definition) is 2. The normalized spacial score (nSPS) is 21.6. The zero-order valence-corrected chi connectivity index (χ0v) is 15.1. The molecule has 2 aromatic heterocycles. The standard InChI is InChI=1S/C18H27N5O2/c1-4-23-7-8-25-17(18(23)14-9-20-22(3)12-14)11-19-10-15-16(24)6-5-13(2)21-15/h5-6,9,12,17-19,24H,4,7-8,10-11H2,1-3H3/t17-,18-/m0/s1. The van der Waals surface area contributed by atoms with Gasteiger partial charge in [0.15, 0.2) is 0 Å². The highest BCUT2D eigenvalue weighted by molar-refractivity contribution is 5.27. The maximum absolute atomic E-state index is 9.93. The minimum absolute atomic E-state index is 0.0323. The number of aromatic nitrogens is 3. The fourth-order valence-corrected chi connectivity index (χ4v) is 3.40. The molecule has 0 radical (unpaired) electrons. The van der Waals surface area contributed by atoms with E-state index in [0.29, 0.717) is 18.8 Å². The molecule has 136 valence electrons. The van der Waals surface area contributed by atoms with E-state index < -0.39 is 0 Å². The van der Waals surface area contributed by atoms with Gasteiger partial charge in [0, 0.05) is 44.1 Å². The van der Waals surface area contributed by atoms with Gasteiger partial charge >= 0.3 is 0 Å². The van der Waals surface area contributed by atoms with Crippen molar-refractivity contribution in [2.75, 3.05) is 26.2 Å². The summed E-state index contributed by atoms with van der Waals surface area (Å²) in [5, 5.41) is 17.6. The van der Waals surface area contributed by atoms with Crippen molar-refractivity contribution in [3.63, 3.8) is 0 Å². The van der Waals surface area contributed by atoms with Crippen molar-refractivity contribution < 1.29 is 9.84 Å². The zero-order valence-electron chi connectivity index (χ0n) is 15.1. The summed E-state index contributed by atoms with van der Waals surface area (Å²) in [4.78, 5) is 6.82. The number of ether oxygens (including phenoxy) is 1. The second-order valence-corrected chi connectivity index (χ2v) is 6.48. The summed E-state index contributed by atoms with van der Waals surface area (Å²) in [7, 11) is 1.93. The molecule has 3 heterocycles. The maximum atomic E-state index is 9.93. The molecule has 2 N–H and O–H groups in total. The Labute approximate surface area is 148 Å². The molecule has 0 spiro atoms. The van der Waals surface area contributed by atoms with Crippen LogP contribution in [-0.4, -0.2) is 57.1 Å². The Kier molecular flexibility index (Phi) is 5.67. The highest BCUT2D eigenvalue weighted by atomic mass is 16.5. The first-order valence-corrected chi connectivity index (χ1v) is 8.79. The zero-order chi connectivity index (χ0) is 17.8. The third kappa shape index (κ3) is 4.18. The molecular weight excluding hydrogens is 318 g/mol. The predicted molar refractivity (Wildman–Crippen MR) is 95.3 cm³/mol. The Morgan fingerprint density at radius 3 is 2.96 bits per heavy atom. The van der Waals surface area contributed by atoms with E-state index in [9.17, 15) is 5.11 Å². The highest BCUT2D eigenvalue weighted by Gasteiger charge is 2.33. The van der Waals surface area contributed by atoms with Crippen LogP contribution in [0.25, 0.3) is 0 Å². The van der Waals surface area contributed by atoms with Crippen LogP contribution in [0.4, 0.5) is 0 Å². The number of pyridine rings is 1. The lowest BCUT2D eigenvalue weighted by Gasteiger charge is -2.40. The molecule has 0 saturated carbocycles. The third-order valence-corrected chi connectivity index (χ3v) is 4.66. The minimum Gasteiger partial charge on any atom is -0.506 e. The molecule has 0 bridgehead atoms. The van der Waals surface area contributed by atoms with Crippen LogP contribution in [0.1, 0.15) is 29.9 Å². The van der Waals surface area contributed by atoms with E-state index in [2.05, 4.69) is 33.4 Å². The number of morpholine rings is 1. The lowest BCUT2D eigenvalue weighted by atomic mass is 10.0. The van der Waals surface area contributed by atoms with Crippen LogP contribution in [0.3, 0.4) is 0 Å². The van der Waals surface area contributed by atoms with Gasteiger partial charge in [-0.05, 0) is 25.6 Å². The van der Waals surface area contributed by atoms with Crippen LogP contribution < -0.4 is 5.32 Å². The Morgan fingerprint density at radius 1 is 1.40 bits per heavy atom. The summed E-state index contributed by atoms with van der Waals surface area (Å²) in [5.41, 5.74) is 2.74. The molecular formula is C18H27N5O2. The number of nitrogens with one attached hydrogen (secondary N) is 1. The van der Waals surface area contributed by atoms with Gasteiger partial charge in [-0.25, -0.2) is 0 Å². The number of rotatable bonds is 6. The lowest BCUT2D eigenvalue weighted by molar-refractivity contribution is -0.0695. The molecule has 2 aromatic rings. The Hall–Kier alpha value is -1.96. The largest absolute Gasteiger partial charge is 0.506 e. The van der Waals surface area contributed by atoms with Crippen LogP contribution >= 0.6 is 0 Å². The molecule has 1 saturated heterocycles. The van der Waals surface area contributed by atoms with E-state index >= 15 is 0 Å². The van der Waals surface area contributed by atoms with Crippen molar-refractivity contribution in [1.29, 1.82) is 0 Å². The van der Waals surface area contributed by atoms with Crippen molar-refractivity contribution in [2.45, 2.75) is 32.5 Å². The monoisotopic (exact) mass is 345 g/mol. The SMILES string of the molecule is CCN1CCO[C@@H](CNCc2nc(C)ccc2O)[C@@H]1c1cnn(C)c1. The Bertz CT molecular complexity index is 703. The molecule has 1 aliphatic heterocycles. The molecule has 0 aliphatic carbocycles. The third-order valence-electron chi connectivity index (χ3n) is 4.66. The summed E-state index contributed by atoms with van der Waals surface area (Å²) in [6.45, 7) is 7.92. The number of aromatic hydroxyl groups is 1. The van der Waals surface area contributed by atoms with E-state index in [-0.39, 0.29) is 17.9 Å². The molecule has 7 heteroatoms. The Morgan fingerprint density at radius 2 is 2.24 bits per heavy atom. The summed E-state index contributed by atoms with van der Waals surface area (Å²) < 4.78 is 7.88. The molecule has 1 aliphatic rings. The van der Waals surface area contributed by atoms with Gasteiger partial charge < -0.3 is 15.2 Å². The van der Waals surface area contributed by atoms with Crippen molar-refractivity contribution in [2.24, 2.45) is 7.05 Å². The van der Waals surface area contributed by atoms with Gasteiger partial charge in [-0.15, -0.1) is 0 Å². The predicted octanol–water partition coefficient (Wildman–Crippen LogP) is 1.38. The van der Waals surface area contributed by atoms with Crippen LogP contribution in [-0.2, 0) is 18.3 Å². The summed E-state index contributed by atoms with van der Waals surface area (Å²) in [5.74, 6) is 0.224. The van der Waals surface area contributed by atoms with E-state index in [4.69, 9.17) is 4.74 Å². The van der Waals surface area contributed by atoms with Crippen LogP contribution in [0.15, 0.2) is 24.5 Å². The minimum atomic E-state index is 0.0323. The number of aryl methyl sites for hydroxylation is 2. The van der Waals surface area contributed by atoms with E-state index in [1.807, 2.05) is 24.9 Å². The molecule has 2 atom stereocenters. The average Bonchev–Trinajstić information content (AvgIpc) is 3.03. The van der Waals surface area contributed by atoms with Crippen LogP contribution in [0, 0.1) is 6.92 Å². The van der Waals surface area contributed by atoms with Crippen molar-refractivity contribution in [3.8, 4) is 5.75 Å². The molecule has 0 aromatic carbocycles. The maximum Gasteiger partial charge on any atom is 0.138 e. The first-order valence-electron chi connectivity index (χ1n) is 8.79. The van der Waals surface area contributed by atoms with Gasteiger partial charge in [0.2, 0.25) is 0 Å². The smallest absolute Gasteiger partial charge is 0.138 e. The van der Waals surface area contributed by atoms with Gasteiger partial charge in [-0.2, -0.15) is 5.10 Å². The summed E-state index contributed by atoms with van der Waals surface area (Å²) in [6, 6.07) is 3.67. The van der Waals surface area contributed by atoms with E-state index in [1.54, 1.807) is 12.1 Å². The number of nitrogens with zero attached hydrogens (tertiary/aromatic N) is 4. The molecule has 3 rings (SSSR count). The molecule has 7 nitrogen and oxygen atoms in total. The van der Waals surface area contributed by atoms with E-state index in [1.165, 1.54) is 5.56 Å². The van der Waals surface area contributed by atoms with Crippen molar-refractivity contribution in [3.05, 3.63) is 41.5 Å². The average molecular weight is 345 g/mol. The first kappa shape index (κ1) is 17.8. The van der Waals surface area contributed by atoms with Crippen LogP contribution in [0.2, 0.25) is 0 Å². The van der Waals surface area contributed by atoms with E-state index in [0.717, 1.165) is 25.4 Å². The van der Waals surface area contributed by atoms with Gasteiger partial charge in [-0.3, -0.25) is 14.6 Å². The first-order chi connectivity index (χ1) is 12.1. The second kappa shape index (κ2) is 7.95. The lowest BCUT2D eigenvalue weighted by Crippen LogP contribution is -2.48. The summed E-state index contributed by atoms with van der Waals surface area (Å²) >= 11 is 0. The number of likely N-dealkylation sites (N-methyl/N-ethyl adjacent to an activating group) is 1. The fraction of sp³-hybridized carbons (Fsp3) is 0.556. The van der Waals surface area contributed by atoms with Gasteiger partial charge in [-0.1, -0.05) is 6.92 Å². The van der Waals surface area contributed by atoms with Gasteiger partial charge in [0.25, 0.3) is 0 Å². The molecule has 1 fully saturated rings. The molecule has 0 unspecified atom stereocenters. The topological polar surface area (TPSA) is 75.4 Å². The molecule has 25 heavy (non-hydrogen) atoms. The second-order valence-electron chi connectivity index (χ2n) is 6.48. The number of hydrogen-bond acceptors (Lipinski definition) is 6. The highest BCUT2D eigenvalue weighted by Crippen LogP contribution is 2.29. The van der Waals surface area contributed by atoms with Crippen LogP contribution in [0.5, 0.6) is 5.75 Å². The van der Waals surface area contributed by atoms with Gasteiger partial charge in [0.05, 0.1) is 30.6 Å². The quantitative estimate of drug-likeness (QED) is 0.824. The Balaban J connectivity index is 1.67. The summed E-state index contributed by atoms with van der Waals surface area (Å²) in [6.07, 6.45) is 4.01.